The molecule has 2 amide bonds. The molecule has 3 rings (SSSR count). The maximum atomic E-state index is 13.0. The summed E-state index contributed by atoms with van der Waals surface area (Å²) in [5.41, 5.74) is 1.09. The lowest BCUT2D eigenvalue weighted by atomic mass is 10.1. The topological polar surface area (TPSA) is 74.8 Å². The van der Waals surface area contributed by atoms with Crippen molar-refractivity contribution in [2.45, 2.75) is 24.7 Å². The van der Waals surface area contributed by atoms with Gasteiger partial charge in [-0.3, -0.25) is 9.59 Å². The molecule has 1 aliphatic rings. The van der Waals surface area contributed by atoms with Crippen LogP contribution in [-0.4, -0.2) is 62.0 Å². The van der Waals surface area contributed by atoms with Gasteiger partial charge in [0, 0.05) is 31.2 Å². The summed E-state index contributed by atoms with van der Waals surface area (Å²) < 4.78 is 25.1. The third kappa shape index (κ3) is 5.21. The molecule has 1 fully saturated rings. The third-order valence-electron chi connectivity index (χ3n) is 5.11. The second-order valence-electron chi connectivity index (χ2n) is 7.29. The Kier molecular flexibility index (Phi) is 7.15. The maximum Gasteiger partial charge on any atom is 0.255 e. The van der Waals surface area contributed by atoms with Gasteiger partial charge in [-0.15, -0.1) is 0 Å². The lowest BCUT2D eigenvalue weighted by Gasteiger charge is -2.35. The molecular formula is C22H25ClN2O4S. The van der Waals surface area contributed by atoms with Gasteiger partial charge in [0.25, 0.3) is 5.91 Å². The van der Waals surface area contributed by atoms with Crippen molar-refractivity contribution in [2.75, 3.05) is 31.9 Å². The molecule has 2 aromatic carbocycles. The van der Waals surface area contributed by atoms with Crippen LogP contribution in [0.25, 0.3) is 0 Å². The molecule has 0 aliphatic carbocycles. The van der Waals surface area contributed by atoms with E-state index in [1.165, 1.54) is 6.07 Å². The van der Waals surface area contributed by atoms with Gasteiger partial charge in [-0.05, 0) is 36.2 Å². The molecule has 160 valence electrons. The van der Waals surface area contributed by atoms with Crippen LogP contribution < -0.4 is 0 Å². The van der Waals surface area contributed by atoms with Gasteiger partial charge in [0.05, 0.1) is 22.6 Å². The number of benzene rings is 2. The van der Waals surface area contributed by atoms with E-state index in [2.05, 4.69) is 0 Å². The minimum absolute atomic E-state index is 0.00424. The van der Waals surface area contributed by atoms with E-state index >= 15 is 0 Å². The van der Waals surface area contributed by atoms with Gasteiger partial charge in [-0.25, -0.2) is 8.42 Å². The van der Waals surface area contributed by atoms with Crippen LogP contribution in [0.1, 0.15) is 29.3 Å². The van der Waals surface area contributed by atoms with Crippen molar-refractivity contribution >= 4 is 33.3 Å². The molecule has 2 aromatic rings. The number of sulfone groups is 1. The fraction of sp³-hybridized carbons (Fsp3) is 0.364. The molecule has 0 atom stereocenters. The van der Waals surface area contributed by atoms with Crippen molar-refractivity contribution in [3.8, 4) is 0 Å². The number of nitrogens with zero attached hydrogens (tertiary/aromatic N) is 2. The number of hydrogen-bond acceptors (Lipinski definition) is 4. The van der Waals surface area contributed by atoms with Crippen LogP contribution in [0.2, 0.25) is 5.02 Å². The van der Waals surface area contributed by atoms with E-state index in [1.807, 2.05) is 12.1 Å². The fourth-order valence-electron chi connectivity index (χ4n) is 3.51. The molecule has 1 aliphatic heterocycles. The standard InChI is InChI=1S/C22H25ClN2O4S/c1-2-15-30(28,29)20-6-4-3-5-19(20)22(27)25-13-11-24(12-14-25)21(26)16-17-7-9-18(23)10-8-17/h3-10H,2,11-16H2,1H3. The summed E-state index contributed by atoms with van der Waals surface area (Å²) in [4.78, 5) is 29.0. The van der Waals surface area contributed by atoms with E-state index in [-0.39, 0.29) is 34.4 Å². The largest absolute Gasteiger partial charge is 0.339 e. The van der Waals surface area contributed by atoms with Gasteiger partial charge in [0.1, 0.15) is 0 Å². The molecule has 0 unspecified atom stereocenters. The van der Waals surface area contributed by atoms with Crippen molar-refractivity contribution in [1.82, 2.24) is 9.80 Å². The molecule has 0 aromatic heterocycles. The van der Waals surface area contributed by atoms with Crippen LogP contribution in [0.5, 0.6) is 0 Å². The van der Waals surface area contributed by atoms with E-state index < -0.39 is 9.84 Å². The third-order valence-corrected chi connectivity index (χ3v) is 7.34. The van der Waals surface area contributed by atoms with E-state index in [1.54, 1.807) is 47.1 Å². The predicted molar refractivity (Wildman–Crippen MR) is 116 cm³/mol. The van der Waals surface area contributed by atoms with Crippen LogP contribution in [0.15, 0.2) is 53.4 Å². The minimum atomic E-state index is -3.51. The first-order valence-corrected chi connectivity index (χ1v) is 12.0. The number of amides is 2. The molecule has 0 spiro atoms. The second kappa shape index (κ2) is 9.62. The Morgan fingerprint density at radius 1 is 0.933 bits per heavy atom. The second-order valence-corrected chi connectivity index (χ2v) is 9.81. The number of carbonyl (C=O) groups excluding carboxylic acids is 2. The Labute approximate surface area is 182 Å². The van der Waals surface area contributed by atoms with Gasteiger partial charge in [0.15, 0.2) is 9.84 Å². The maximum absolute atomic E-state index is 13.0. The Morgan fingerprint density at radius 2 is 1.53 bits per heavy atom. The molecule has 30 heavy (non-hydrogen) atoms. The first-order valence-electron chi connectivity index (χ1n) is 9.95. The van der Waals surface area contributed by atoms with Crippen molar-refractivity contribution in [1.29, 1.82) is 0 Å². The van der Waals surface area contributed by atoms with Crippen LogP contribution in [0.3, 0.4) is 0 Å². The first-order chi connectivity index (χ1) is 14.3. The molecule has 8 heteroatoms. The van der Waals surface area contributed by atoms with Crippen molar-refractivity contribution in [3.05, 3.63) is 64.7 Å². The zero-order valence-electron chi connectivity index (χ0n) is 16.9. The lowest BCUT2D eigenvalue weighted by Crippen LogP contribution is -2.51. The van der Waals surface area contributed by atoms with Gasteiger partial charge < -0.3 is 9.80 Å². The molecule has 0 N–H and O–H groups in total. The highest BCUT2D eigenvalue weighted by atomic mass is 35.5. The number of carbonyl (C=O) groups is 2. The molecule has 1 heterocycles. The number of rotatable bonds is 6. The van der Waals surface area contributed by atoms with Crippen molar-refractivity contribution < 1.29 is 18.0 Å². The number of piperazine rings is 1. The fourth-order valence-corrected chi connectivity index (χ4v) is 5.17. The Bertz CT molecular complexity index is 1010. The monoisotopic (exact) mass is 448 g/mol. The highest BCUT2D eigenvalue weighted by Gasteiger charge is 2.28. The Hall–Kier alpha value is -2.38. The van der Waals surface area contributed by atoms with Gasteiger partial charge in [-0.2, -0.15) is 0 Å². The summed E-state index contributed by atoms with van der Waals surface area (Å²) in [5.74, 6) is -0.310. The van der Waals surface area contributed by atoms with Crippen LogP contribution in [0.4, 0.5) is 0 Å². The summed E-state index contributed by atoms with van der Waals surface area (Å²) in [6.07, 6.45) is 0.766. The Balaban J connectivity index is 1.65. The van der Waals surface area contributed by atoms with Crippen molar-refractivity contribution in [3.63, 3.8) is 0 Å². The van der Waals surface area contributed by atoms with Gasteiger partial charge >= 0.3 is 0 Å². The zero-order chi connectivity index (χ0) is 21.7. The normalized spacial score (nSPS) is 14.6. The van der Waals surface area contributed by atoms with E-state index in [0.717, 1.165) is 5.56 Å². The zero-order valence-corrected chi connectivity index (χ0v) is 18.5. The van der Waals surface area contributed by atoms with Crippen LogP contribution >= 0.6 is 11.6 Å². The van der Waals surface area contributed by atoms with Crippen LogP contribution in [0, 0.1) is 0 Å². The lowest BCUT2D eigenvalue weighted by molar-refractivity contribution is -0.131. The highest BCUT2D eigenvalue weighted by Crippen LogP contribution is 2.20. The molecule has 6 nitrogen and oxygen atoms in total. The summed E-state index contributed by atoms with van der Waals surface area (Å²) >= 11 is 5.88. The molecular weight excluding hydrogens is 424 g/mol. The average Bonchev–Trinajstić information content (AvgIpc) is 2.75. The molecule has 1 saturated heterocycles. The minimum Gasteiger partial charge on any atom is -0.339 e. The smallest absolute Gasteiger partial charge is 0.255 e. The van der Waals surface area contributed by atoms with Gasteiger partial charge in [0.2, 0.25) is 5.91 Å². The van der Waals surface area contributed by atoms with E-state index in [4.69, 9.17) is 11.6 Å². The quantitative estimate of drug-likeness (QED) is 0.680. The molecule has 0 radical (unpaired) electrons. The first kappa shape index (κ1) is 22.3. The van der Waals surface area contributed by atoms with E-state index in [0.29, 0.717) is 37.6 Å². The predicted octanol–water partition coefficient (Wildman–Crippen LogP) is 3.05. The van der Waals surface area contributed by atoms with Crippen molar-refractivity contribution in [2.24, 2.45) is 0 Å². The molecule has 0 saturated carbocycles. The summed E-state index contributed by atoms with van der Waals surface area (Å²) in [6, 6.07) is 13.5. The van der Waals surface area contributed by atoms with Gasteiger partial charge in [-0.1, -0.05) is 42.8 Å². The SMILES string of the molecule is CCCS(=O)(=O)c1ccccc1C(=O)N1CCN(C(=O)Cc2ccc(Cl)cc2)CC1. The average molecular weight is 449 g/mol. The Morgan fingerprint density at radius 3 is 2.17 bits per heavy atom. The molecule has 0 bridgehead atoms. The summed E-state index contributed by atoms with van der Waals surface area (Å²) in [7, 11) is -3.51. The van der Waals surface area contributed by atoms with Crippen LogP contribution in [-0.2, 0) is 21.1 Å². The highest BCUT2D eigenvalue weighted by molar-refractivity contribution is 7.91. The number of hydrogen-bond donors (Lipinski definition) is 0. The summed E-state index contributed by atoms with van der Waals surface area (Å²) in [6.45, 7) is 3.37. The number of halogens is 1. The summed E-state index contributed by atoms with van der Waals surface area (Å²) in [5, 5.41) is 0.625. The van der Waals surface area contributed by atoms with E-state index in [9.17, 15) is 18.0 Å².